The van der Waals surface area contributed by atoms with Crippen molar-refractivity contribution in [3.63, 3.8) is 0 Å². The van der Waals surface area contributed by atoms with Crippen molar-refractivity contribution in [2.45, 2.75) is 13.8 Å². The van der Waals surface area contributed by atoms with Crippen LogP contribution >= 0.6 is 0 Å². The standard InChI is InChI=1S/2C12H11N/c1-10-5-7-11(8-6-10)12-4-2-3-9-13-12;1-10-7-8-12(9-13-10)11-5-3-2-4-6-11/h2*2-9H,1H3. The lowest BCUT2D eigenvalue weighted by Gasteiger charge is -2.00. The minimum atomic E-state index is 1.03. The van der Waals surface area contributed by atoms with Crippen molar-refractivity contribution in [1.29, 1.82) is 0 Å². The third-order valence-electron chi connectivity index (χ3n) is 4.03. The highest BCUT2D eigenvalue weighted by Gasteiger charge is 1.96. The van der Waals surface area contributed by atoms with E-state index in [1.165, 1.54) is 22.3 Å². The molecule has 0 spiro atoms. The van der Waals surface area contributed by atoms with Crippen LogP contribution in [0.5, 0.6) is 0 Å². The maximum atomic E-state index is 4.28. The normalized spacial score (nSPS) is 9.92. The molecule has 0 fully saturated rings. The maximum absolute atomic E-state index is 4.28. The van der Waals surface area contributed by atoms with Gasteiger partial charge in [-0.1, -0.05) is 72.3 Å². The fourth-order valence-corrected chi connectivity index (χ4v) is 2.53. The fraction of sp³-hybridized carbons (Fsp3) is 0.0833. The van der Waals surface area contributed by atoms with E-state index in [0.717, 1.165) is 11.4 Å². The predicted molar refractivity (Wildman–Crippen MR) is 109 cm³/mol. The van der Waals surface area contributed by atoms with Crippen molar-refractivity contribution in [1.82, 2.24) is 9.97 Å². The first-order valence-electron chi connectivity index (χ1n) is 8.68. The molecule has 26 heavy (non-hydrogen) atoms. The summed E-state index contributed by atoms with van der Waals surface area (Å²) in [6, 6.07) is 28.7. The van der Waals surface area contributed by atoms with Gasteiger partial charge in [0.1, 0.15) is 0 Å². The maximum Gasteiger partial charge on any atom is 0.0701 e. The van der Waals surface area contributed by atoms with Crippen molar-refractivity contribution >= 4 is 0 Å². The zero-order valence-corrected chi connectivity index (χ0v) is 15.1. The molecule has 0 aliphatic carbocycles. The Morgan fingerprint density at radius 3 is 1.85 bits per heavy atom. The van der Waals surface area contributed by atoms with Crippen molar-refractivity contribution in [3.05, 3.63) is 109 Å². The SMILES string of the molecule is Cc1ccc(-c2ccccc2)cn1.Cc1ccc(-c2ccccn2)cc1. The Balaban J connectivity index is 0.000000151. The molecule has 0 unspecified atom stereocenters. The number of aryl methyl sites for hydroxylation is 2. The van der Waals surface area contributed by atoms with E-state index in [1.54, 1.807) is 0 Å². The minimum absolute atomic E-state index is 1.03. The molecule has 2 aromatic carbocycles. The van der Waals surface area contributed by atoms with Crippen molar-refractivity contribution in [2.24, 2.45) is 0 Å². The molecule has 2 heterocycles. The summed E-state index contributed by atoms with van der Waals surface area (Å²) < 4.78 is 0. The Labute approximate surface area is 155 Å². The molecule has 4 aromatic rings. The van der Waals surface area contributed by atoms with E-state index in [-0.39, 0.29) is 0 Å². The number of nitrogens with zero attached hydrogens (tertiary/aromatic N) is 2. The molecular weight excluding hydrogens is 316 g/mol. The molecule has 128 valence electrons. The molecule has 0 N–H and O–H groups in total. The van der Waals surface area contributed by atoms with Gasteiger partial charge in [-0.2, -0.15) is 0 Å². The molecule has 2 aromatic heterocycles. The lowest BCUT2D eigenvalue weighted by Crippen LogP contribution is -1.81. The van der Waals surface area contributed by atoms with Crippen LogP contribution < -0.4 is 0 Å². The predicted octanol–water partition coefficient (Wildman–Crippen LogP) is 6.11. The number of hydrogen-bond donors (Lipinski definition) is 0. The van der Waals surface area contributed by atoms with E-state index in [1.807, 2.05) is 61.8 Å². The van der Waals surface area contributed by atoms with E-state index < -0.39 is 0 Å². The molecule has 0 aliphatic rings. The van der Waals surface area contributed by atoms with Gasteiger partial charge in [0, 0.05) is 29.2 Å². The highest BCUT2D eigenvalue weighted by molar-refractivity contribution is 5.62. The third kappa shape index (κ3) is 4.87. The zero-order chi connectivity index (χ0) is 18.2. The molecule has 4 rings (SSSR count). The molecule has 0 amide bonds. The summed E-state index contributed by atoms with van der Waals surface area (Å²) in [5, 5.41) is 0. The summed E-state index contributed by atoms with van der Waals surface area (Å²) in [6.45, 7) is 4.08. The van der Waals surface area contributed by atoms with Gasteiger partial charge in [0.15, 0.2) is 0 Å². The second-order valence-electron chi connectivity index (χ2n) is 6.14. The lowest BCUT2D eigenvalue weighted by molar-refractivity contribution is 1.20. The average Bonchev–Trinajstić information content (AvgIpc) is 2.71. The molecule has 0 atom stereocenters. The van der Waals surface area contributed by atoms with Gasteiger partial charge >= 0.3 is 0 Å². The van der Waals surface area contributed by atoms with Crippen LogP contribution in [0.2, 0.25) is 0 Å². The van der Waals surface area contributed by atoms with E-state index >= 15 is 0 Å². The van der Waals surface area contributed by atoms with Crippen LogP contribution in [0.3, 0.4) is 0 Å². The Morgan fingerprint density at radius 2 is 1.23 bits per heavy atom. The van der Waals surface area contributed by atoms with Gasteiger partial charge in [-0.15, -0.1) is 0 Å². The monoisotopic (exact) mass is 338 g/mol. The van der Waals surface area contributed by atoms with Crippen LogP contribution in [-0.2, 0) is 0 Å². The molecular formula is C24H22N2. The van der Waals surface area contributed by atoms with Crippen LogP contribution in [0.4, 0.5) is 0 Å². The van der Waals surface area contributed by atoms with E-state index in [4.69, 9.17) is 0 Å². The third-order valence-corrected chi connectivity index (χ3v) is 4.03. The lowest BCUT2D eigenvalue weighted by atomic mass is 10.1. The molecule has 2 heteroatoms. The molecule has 0 aliphatic heterocycles. The van der Waals surface area contributed by atoms with Crippen LogP contribution in [0.15, 0.2) is 97.3 Å². The Hall–Kier alpha value is -3.26. The minimum Gasteiger partial charge on any atom is -0.261 e. The Bertz CT molecular complexity index is 832. The van der Waals surface area contributed by atoms with Crippen LogP contribution in [0, 0.1) is 13.8 Å². The Kier molecular flexibility index (Phi) is 5.89. The smallest absolute Gasteiger partial charge is 0.0701 e. The number of pyridine rings is 2. The number of benzene rings is 2. The zero-order valence-electron chi connectivity index (χ0n) is 15.1. The van der Waals surface area contributed by atoms with E-state index in [0.29, 0.717) is 0 Å². The van der Waals surface area contributed by atoms with Crippen molar-refractivity contribution in [2.75, 3.05) is 0 Å². The van der Waals surface area contributed by atoms with Crippen molar-refractivity contribution in [3.8, 4) is 22.4 Å². The second kappa shape index (κ2) is 8.72. The molecule has 0 saturated heterocycles. The number of rotatable bonds is 2. The number of hydrogen-bond acceptors (Lipinski definition) is 2. The quantitative estimate of drug-likeness (QED) is 0.440. The van der Waals surface area contributed by atoms with E-state index in [9.17, 15) is 0 Å². The molecule has 0 bridgehead atoms. The van der Waals surface area contributed by atoms with Gasteiger partial charge in [0.05, 0.1) is 5.69 Å². The van der Waals surface area contributed by atoms with Gasteiger partial charge in [-0.05, 0) is 37.6 Å². The van der Waals surface area contributed by atoms with Gasteiger partial charge in [-0.3, -0.25) is 9.97 Å². The van der Waals surface area contributed by atoms with Gasteiger partial charge in [-0.25, -0.2) is 0 Å². The Morgan fingerprint density at radius 1 is 0.538 bits per heavy atom. The molecule has 0 radical (unpaired) electrons. The van der Waals surface area contributed by atoms with Crippen LogP contribution in [0.1, 0.15) is 11.3 Å². The molecule has 0 saturated carbocycles. The largest absolute Gasteiger partial charge is 0.261 e. The first kappa shape index (κ1) is 17.6. The summed E-state index contributed by atoms with van der Waals surface area (Å²) in [5.74, 6) is 0. The first-order valence-corrected chi connectivity index (χ1v) is 8.68. The van der Waals surface area contributed by atoms with Crippen LogP contribution in [0.25, 0.3) is 22.4 Å². The first-order chi connectivity index (χ1) is 12.7. The van der Waals surface area contributed by atoms with Crippen molar-refractivity contribution < 1.29 is 0 Å². The fourth-order valence-electron chi connectivity index (χ4n) is 2.53. The van der Waals surface area contributed by atoms with Crippen LogP contribution in [-0.4, -0.2) is 9.97 Å². The highest BCUT2D eigenvalue weighted by atomic mass is 14.7. The summed E-state index contributed by atoms with van der Waals surface area (Å²) in [6.07, 6.45) is 3.72. The molecule has 2 nitrogen and oxygen atoms in total. The van der Waals surface area contributed by atoms with Gasteiger partial charge in [0.25, 0.3) is 0 Å². The summed E-state index contributed by atoms with van der Waals surface area (Å²) in [7, 11) is 0. The van der Waals surface area contributed by atoms with Gasteiger partial charge in [0.2, 0.25) is 0 Å². The number of aromatic nitrogens is 2. The van der Waals surface area contributed by atoms with E-state index in [2.05, 4.69) is 59.4 Å². The summed E-state index contributed by atoms with van der Waals surface area (Å²) >= 11 is 0. The van der Waals surface area contributed by atoms with Gasteiger partial charge < -0.3 is 0 Å². The summed E-state index contributed by atoms with van der Waals surface area (Å²) in [5.41, 5.74) is 6.93. The highest BCUT2D eigenvalue weighted by Crippen LogP contribution is 2.17. The average molecular weight is 338 g/mol. The second-order valence-corrected chi connectivity index (χ2v) is 6.14. The topological polar surface area (TPSA) is 25.8 Å². The summed E-state index contributed by atoms with van der Waals surface area (Å²) in [4.78, 5) is 8.53.